The minimum Gasteiger partial charge on any atom is -0.266 e. The molecule has 0 aliphatic carbocycles. The van der Waals surface area contributed by atoms with Gasteiger partial charge in [0.1, 0.15) is 4.90 Å². The third kappa shape index (κ3) is 3.51. The number of fused-ring (bicyclic) bond motifs is 1. The number of halogens is 2. The van der Waals surface area contributed by atoms with E-state index in [1.54, 1.807) is 18.2 Å². The minimum absolute atomic E-state index is 0.0199. The molecular weight excluding hydrogens is 405 g/mol. The van der Waals surface area contributed by atoms with Gasteiger partial charge in [0.2, 0.25) is 0 Å². The molecule has 0 saturated heterocycles. The third-order valence-electron chi connectivity index (χ3n) is 4.02. The molecule has 0 saturated carbocycles. The van der Waals surface area contributed by atoms with Crippen LogP contribution >= 0.6 is 23.2 Å². The summed E-state index contributed by atoms with van der Waals surface area (Å²) < 4.78 is 51.1. The topological polar surface area (TPSA) is 71.5 Å². The van der Waals surface area contributed by atoms with E-state index < -0.39 is 19.9 Å². The molecule has 9 heteroatoms. The number of anilines is 1. The van der Waals surface area contributed by atoms with Gasteiger partial charge in [-0.15, -0.1) is 0 Å². The summed E-state index contributed by atoms with van der Waals surface area (Å²) in [5, 5.41) is 0.517. The van der Waals surface area contributed by atoms with Crippen LogP contribution in [-0.2, 0) is 26.3 Å². The van der Waals surface area contributed by atoms with Gasteiger partial charge in [-0.1, -0.05) is 23.2 Å². The Balaban J connectivity index is 2.16. The summed E-state index contributed by atoms with van der Waals surface area (Å²) in [7, 11) is -7.57. The summed E-state index contributed by atoms with van der Waals surface area (Å²) in [6.45, 7) is 0.288. The molecule has 1 aliphatic rings. The van der Waals surface area contributed by atoms with E-state index in [1.807, 2.05) is 0 Å². The molecule has 25 heavy (non-hydrogen) atoms. The van der Waals surface area contributed by atoms with Crippen molar-refractivity contribution in [3.05, 3.63) is 52.0 Å². The molecule has 0 radical (unpaired) electrons. The predicted octanol–water partition coefficient (Wildman–Crippen LogP) is 3.54. The van der Waals surface area contributed by atoms with Crippen LogP contribution in [-0.4, -0.2) is 29.6 Å². The molecular formula is C16H15Cl2NO4S2. The van der Waals surface area contributed by atoms with E-state index in [0.717, 1.165) is 24.3 Å². The lowest BCUT2D eigenvalue weighted by atomic mass is 10.0. The molecule has 0 aromatic heterocycles. The normalized spacial score (nSPS) is 15.1. The van der Waals surface area contributed by atoms with Crippen molar-refractivity contribution in [3.8, 4) is 0 Å². The maximum atomic E-state index is 13.1. The maximum Gasteiger partial charge on any atom is 0.265 e. The van der Waals surface area contributed by atoms with E-state index in [-0.39, 0.29) is 21.4 Å². The Kier molecular flexibility index (Phi) is 4.79. The van der Waals surface area contributed by atoms with E-state index in [4.69, 9.17) is 23.2 Å². The highest BCUT2D eigenvalue weighted by atomic mass is 35.5. The number of benzene rings is 2. The molecule has 2 aromatic carbocycles. The lowest BCUT2D eigenvalue weighted by Crippen LogP contribution is -2.35. The zero-order valence-electron chi connectivity index (χ0n) is 13.2. The fraction of sp³-hybridized carbons (Fsp3) is 0.250. The number of hydrogen-bond acceptors (Lipinski definition) is 4. The smallest absolute Gasteiger partial charge is 0.265 e. The van der Waals surface area contributed by atoms with Crippen molar-refractivity contribution in [2.45, 2.75) is 22.6 Å². The maximum absolute atomic E-state index is 13.1. The van der Waals surface area contributed by atoms with Crippen LogP contribution in [0.3, 0.4) is 0 Å². The third-order valence-corrected chi connectivity index (χ3v) is 7.66. The fourth-order valence-electron chi connectivity index (χ4n) is 2.81. The Morgan fingerprint density at radius 2 is 1.72 bits per heavy atom. The summed E-state index contributed by atoms with van der Waals surface area (Å²) in [5.74, 6) is 0. The van der Waals surface area contributed by atoms with Gasteiger partial charge >= 0.3 is 0 Å². The van der Waals surface area contributed by atoms with Crippen LogP contribution in [0.25, 0.3) is 0 Å². The molecule has 0 bridgehead atoms. The summed E-state index contributed by atoms with van der Waals surface area (Å²) in [4.78, 5) is -0.316. The van der Waals surface area contributed by atoms with Crippen LogP contribution in [0.1, 0.15) is 12.0 Å². The van der Waals surface area contributed by atoms with Crippen LogP contribution in [0.15, 0.2) is 46.2 Å². The second-order valence-electron chi connectivity index (χ2n) is 5.82. The van der Waals surface area contributed by atoms with E-state index in [1.165, 1.54) is 16.4 Å². The summed E-state index contributed by atoms with van der Waals surface area (Å²) in [6.07, 6.45) is 2.37. The van der Waals surface area contributed by atoms with Gasteiger partial charge in [0.25, 0.3) is 10.0 Å². The average molecular weight is 420 g/mol. The molecule has 2 aromatic rings. The number of sulfone groups is 1. The predicted molar refractivity (Wildman–Crippen MR) is 98.9 cm³/mol. The van der Waals surface area contributed by atoms with Crippen LogP contribution < -0.4 is 4.31 Å². The Hall–Kier alpha value is -1.28. The van der Waals surface area contributed by atoms with Gasteiger partial charge in [-0.2, -0.15) is 0 Å². The lowest BCUT2D eigenvalue weighted by Gasteiger charge is -2.31. The Morgan fingerprint density at radius 1 is 1.00 bits per heavy atom. The SMILES string of the molecule is CS(=O)(=O)c1ccc(Cl)c(S(=O)(=O)N2CCCc3cc(Cl)ccc32)c1. The van der Waals surface area contributed by atoms with Crippen molar-refractivity contribution in [2.24, 2.45) is 0 Å². The molecule has 5 nitrogen and oxygen atoms in total. The van der Waals surface area contributed by atoms with E-state index in [9.17, 15) is 16.8 Å². The van der Waals surface area contributed by atoms with Crippen molar-refractivity contribution >= 4 is 48.7 Å². The Morgan fingerprint density at radius 3 is 2.40 bits per heavy atom. The first-order chi connectivity index (χ1) is 11.6. The molecule has 0 fully saturated rings. The van der Waals surface area contributed by atoms with Crippen LogP contribution in [0, 0.1) is 0 Å². The van der Waals surface area contributed by atoms with Gasteiger partial charge in [-0.3, -0.25) is 4.31 Å². The zero-order valence-corrected chi connectivity index (χ0v) is 16.4. The van der Waals surface area contributed by atoms with Gasteiger partial charge < -0.3 is 0 Å². The molecule has 134 valence electrons. The van der Waals surface area contributed by atoms with E-state index in [0.29, 0.717) is 17.1 Å². The molecule has 0 N–H and O–H groups in total. The molecule has 0 unspecified atom stereocenters. The lowest BCUT2D eigenvalue weighted by molar-refractivity contribution is 0.586. The van der Waals surface area contributed by atoms with E-state index >= 15 is 0 Å². The van der Waals surface area contributed by atoms with Crippen molar-refractivity contribution < 1.29 is 16.8 Å². The Labute approximate surface area is 157 Å². The number of hydrogen-bond donors (Lipinski definition) is 0. The van der Waals surface area contributed by atoms with Gasteiger partial charge in [-0.05, 0) is 54.8 Å². The molecule has 0 atom stereocenters. The summed E-state index contributed by atoms with van der Waals surface area (Å²) in [5.41, 5.74) is 1.37. The second kappa shape index (κ2) is 6.46. The van der Waals surface area contributed by atoms with E-state index in [2.05, 4.69) is 0 Å². The van der Waals surface area contributed by atoms with Gasteiger partial charge in [0, 0.05) is 17.8 Å². The highest BCUT2D eigenvalue weighted by Crippen LogP contribution is 2.36. The molecule has 3 rings (SSSR count). The van der Waals surface area contributed by atoms with Gasteiger partial charge in [0.15, 0.2) is 9.84 Å². The number of sulfonamides is 1. The summed E-state index contributed by atoms with van der Waals surface area (Å²) >= 11 is 12.1. The van der Waals surface area contributed by atoms with Crippen LogP contribution in [0.5, 0.6) is 0 Å². The van der Waals surface area contributed by atoms with Crippen molar-refractivity contribution in [3.63, 3.8) is 0 Å². The van der Waals surface area contributed by atoms with Crippen LogP contribution in [0.2, 0.25) is 10.0 Å². The largest absolute Gasteiger partial charge is 0.266 e. The number of rotatable bonds is 3. The standard InChI is InChI=1S/C16H15Cl2NO4S2/c1-24(20,21)13-5-6-14(18)16(10-13)25(22,23)19-8-2-3-11-9-12(17)4-7-15(11)19/h4-7,9-10H,2-3,8H2,1H3. The first kappa shape index (κ1) is 18.5. The van der Waals surface area contributed by atoms with Crippen molar-refractivity contribution in [1.29, 1.82) is 0 Å². The molecule has 1 aliphatic heterocycles. The Bertz CT molecular complexity index is 1050. The molecule has 1 heterocycles. The minimum atomic E-state index is -4.01. The molecule has 0 spiro atoms. The number of aryl methyl sites for hydroxylation is 1. The quantitative estimate of drug-likeness (QED) is 0.762. The summed E-state index contributed by atoms with van der Waals surface area (Å²) in [6, 6.07) is 8.72. The number of nitrogens with zero attached hydrogens (tertiary/aromatic N) is 1. The fourth-order valence-corrected chi connectivity index (χ4v) is 5.77. The average Bonchev–Trinajstić information content (AvgIpc) is 2.53. The first-order valence-electron chi connectivity index (χ1n) is 7.41. The highest BCUT2D eigenvalue weighted by molar-refractivity contribution is 7.93. The highest BCUT2D eigenvalue weighted by Gasteiger charge is 2.31. The van der Waals surface area contributed by atoms with Crippen molar-refractivity contribution in [2.75, 3.05) is 17.1 Å². The van der Waals surface area contributed by atoms with Gasteiger partial charge in [0.05, 0.1) is 15.6 Å². The molecule has 0 amide bonds. The zero-order chi connectivity index (χ0) is 18.4. The first-order valence-corrected chi connectivity index (χ1v) is 11.5. The second-order valence-corrected chi connectivity index (χ2v) is 10.5. The van der Waals surface area contributed by atoms with Gasteiger partial charge in [-0.25, -0.2) is 16.8 Å². The van der Waals surface area contributed by atoms with Crippen molar-refractivity contribution in [1.82, 2.24) is 0 Å². The van der Waals surface area contributed by atoms with Crippen LogP contribution in [0.4, 0.5) is 5.69 Å². The monoisotopic (exact) mass is 419 g/mol.